The van der Waals surface area contributed by atoms with E-state index in [1.165, 1.54) is 15.3 Å². The van der Waals surface area contributed by atoms with Gasteiger partial charge in [-0.1, -0.05) is 11.6 Å². The average Bonchev–Trinajstić information content (AvgIpc) is 3.29. The van der Waals surface area contributed by atoms with Crippen molar-refractivity contribution in [1.29, 1.82) is 0 Å². The molecule has 0 saturated carbocycles. The lowest BCUT2D eigenvalue weighted by Gasteiger charge is -2.11. The highest BCUT2D eigenvalue weighted by molar-refractivity contribution is 6.30. The van der Waals surface area contributed by atoms with E-state index in [4.69, 9.17) is 16.3 Å². The van der Waals surface area contributed by atoms with Crippen LogP contribution in [0.15, 0.2) is 47.8 Å². The van der Waals surface area contributed by atoms with Crippen LogP contribution in [0.3, 0.4) is 0 Å². The molecule has 0 saturated heterocycles. The quantitative estimate of drug-likeness (QED) is 0.431. The lowest BCUT2D eigenvalue weighted by molar-refractivity contribution is 0.417. The van der Waals surface area contributed by atoms with Gasteiger partial charge in [0.1, 0.15) is 5.75 Å². The molecule has 0 aliphatic heterocycles. The van der Waals surface area contributed by atoms with Crippen LogP contribution < -0.4 is 10.4 Å². The molecular formula is C21H16ClFN6O2. The van der Waals surface area contributed by atoms with Crippen LogP contribution in [0.1, 0.15) is 0 Å². The first kappa shape index (κ1) is 19.3. The zero-order valence-corrected chi connectivity index (χ0v) is 17.6. The minimum Gasteiger partial charge on any atom is -0.496 e. The molecule has 0 atom stereocenters. The highest BCUT2D eigenvalue weighted by Crippen LogP contribution is 2.36. The lowest BCUT2D eigenvalue weighted by atomic mass is 10.0. The van der Waals surface area contributed by atoms with Crippen LogP contribution >= 0.6 is 11.6 Å². The highest BCUT2D eigenvalue weighted by atomic mass is 35.5. The van der Waals surface area contributed by atoms with Gasteiger partial charge in [0.05, 0.1) is 41.1 Å². The lowest BCUT2D eigenvalue weighted by Crippen LogP contribution is -2.22. The molecule has 0 unspecified atom stereocenters. The zero-order chi connectivity index (χ0) is 21.9. The Morgan fingerprint density at radius 1 is 1.10 bits per heavy atom. The fourth-order valence-corrected chi connectivity index (χ4v) is 3.89. The average molecular weight is 439 g/mol. The van der Waals surface area contributed by atoms with Crippen LogP contribution in [-0.4, -0.2) is 36.0 Å². The fraction of sp³-hybridized carbons (Fsp3) is 0.143. The summed E-state index contributed by atoms with van der Waals surface area (Å²) in [5.74, 6) is -0.229. The van der Waals surface area contributed by atoms with E-state index in [0.717, 1.165) is 17.2 Å². The van der Waals surface area contributed by atoms with Crippen molar-refractivity contribution in [1.82, 2.24) is 28.9 Å². The Bertz CT molecular complexity index is 1550. The van der Waals surface area contributed by atoms with Gasteiger partial charge >= 0.3 is 5.69 Å². The van der Waals surface area contributed by atoms with Gasteiger partial charge in [-0.15, -0.1) is 0 Å². The maximum Gasteiger partial charge on any atom is 0.334 e. The number of pyridine rings is 2. The zero-order valence-electron chi connectivity index (χ0n) is 16.8. The second kappa shape index (κ2) is 6.92. The molecule has 0 bridgehead atoms. The Hall–Kier alpha value is -3.72. The third-order valence-corrected chi connectivity index (χ3v) is 5.43. The van der Waals surface area contributed by atoms with Crippen molar-refractivity contribution < 1.29 is 9.13 Å². The van der Waals surface area contributed by atoms with Gasteiger partial charge in [0.15, 0.2) is 11.6 Å². The van der Waals surface area contributed by atoms with E-state index in [1.54, 1.807) is 37.3 Å². The van der Waals surface area contributed by atoms with Gasteiger partial charge in [-0.2, -0.15) is 5.10 Å². The van der Waals surface area contributed by atoms with Crippen LogP contribution in [0.25, 0.3) is 38.9 Å². The van der Waals surface area contributed by atoms with Gasteiger partial charge in [-0.3, -0.25) is 14.2 Å². The predicted octanol–water partition coefficient (Wildman–Crippen LogP) is 3.47. The van der Waals surface area contributed by atoms with Gasteiger partial charge in [0, 0.05) is 49.1 Å². The summed E-state index contributed by atoms with van der Waals surface area (Å²) in [6, 6.07) is 4.78. The smallest absolute Gasteiger partial charge is 0.334 e. The third kappa shape index (κ3) is 2.89. The molecule has 10 heteroatoms. The summed E-state index contributed by atoms with van der Waals surface area (Å²) < 4.78 is 24.7. The minimum atomic E-state index is -0.701. The second-order valence-electron chi connectivity index (χ2n) is 7.10. The molecular weight excluding hydrogens is 423 g/mol. The molecule has 0 fully saturated rings. The van der Waals surface area contributed by atoms with Crippen molar-refractivity contribution in [2.24, 2.45) is 14.1 Å². The van der Waals surface area contributed by atoms with E-state index in [2.05, 4.69) is 15.1 Å². The predicted molar refractivity (Wildman–Crippen MR) is 115 cm³/mol. The highest BCUT2D eigenvalue weighted by Gasteiger charge is 2.21. The van der Waals surface area contributed by atoms with Crippen LogP contribution in [0.4, 0.5) is 4.39 Å². The standard InChI is InChI=1S/C21H16ClFN6O2/c1-27-10-11(7-26-27)13-5-14-16(6-18(13)31-3)24-9-17-19(14)29(21(30)28(17)2)20-15(23)4-12(22)8-25-20/h4-10H,1-3H3. The maximum atomic E-state index is 14.8. The molecule has 0 radical (unpaired) electrons. The molecule has 0 aliphatic carbocycles. The molecule has 8 nitrogen and oxygen atoms in total. The first-order chi connectivity index (χ1) is 14.9. The van der Waals surface area contributed by atoms with E-state index >= 15 is 0 Å². The number of fused-ring (bicyclic) bond motifs is 3. The largest absolute Gasteiger partial charge is 0.496 e. The molecule has 156 valence electrons. The Morgan fingerprint density at radius 3 is 2.58 bits per heavy atom. The van der Waals surface area contributed by atoms with Crippen LogP contribution in [0, 0.1) is 5.82 Å². The van der Waals surface area contributed by atoms with Gasteiger partial charge in [0.25, 0.3) is 0 Å². The van der Waals surface area contributed by atoms with Crippen LogP contribution in [0.5, 0.6) is 5.75 Å². The Kier molecular flexibility index (Phi) is 4.30. The first-order valence-electron chi connectivity index (χ1n) is 9.27. The number of hydrogen-bond donors (Lipinski definition) is 0. The van der Waals surface area contributed by atoms with Crippen molar-refractivity contribution >= 4 is 33.5 Å². The van der Waals surface area contributed by atoms with Gasteiger partial charge in [0.2, 0.25) is 0 Å². The Morgan fingerprint density at radius 2 is 1.90 bits per heavy atom. The van der Waals surface area contributed by atoms with Crippen molar-refractivity contribution in [3.8, 4) is 22.7 Å². The Balaban J connectivity index is 1.94. The summed E-state index contributed by atoms with van der Waals surface area (Å²) in [4.78, 5) is 21.6. The number of ether oxygens (including phenoxy) is 1. The number of nitrogens with zero attached hydrogens (tertiary/aromatic N) is 6. The number of aromatic nitrogens is 6. The van der Waals surface area contributed by atoms with Crippen LogP contribution in [-0.2, 0) is 14.1 Å². The van der Waals surface area contributed by atoms with Gasteiger partial charge in [-0.05, 0) is 12.1 Å². The van der Waals surface area contributed by atoms with Crippen molar-refractivity contribution in [3.63, 3.8) is 0 Å². The SMILES string of the molecule is COc1cc2ncc3c(c2cc1-c1cnn(C)c1)n(-c1ncc(Cl)cc1F)c(=O)n3C. The Labute approximate surface area is 180 Å². The third-order valence-electron chi connectivity index (χ3n) is 5.22. The molecule has 5 aromatic rings. The topological polar surface area (TPSA) is 79.8 Å². The second-order valence-corrected chi connectivity index (χ2v) is 7.54. The summed E-state index contributed by atoms with van der Waals surface area (Å²) in [7, 11) is 5.00. The number of rotatable bonds is 3. The van der Waals surface area contributed by atoms with E-state index in [1.807, 2.05) is 19.3 Å². The summed E-state index contributed by atoms with van der Waals surface area (Å²) in [6.07, 6.45) is 6.46. The molecule has 5 rings (SSSR count). The van der Waals surface area contributed by atoms with Crippen molar-refractivity contribution in [3.05, 3.63) is 64.3 Å². The summed E-state index contributed by atoms with van der Waals surface area (Å²) in [5, 5.41) is 5.02. The van der Waals surface area contributed by atoms with E-state index in [-0.39, 0.29) is 10.8 Å². The maximum absolute atomic E-state index is 14.8. The normalized spacial score (nSPS) is 11.5. The molecule has 4 aromatic heterocycles. The molecule has 31 heavy (non-hydrogen) atoms. The molecule has 0 spiro atoms. The molecule has 0 N–H and O–H groups in total. The number of aryl methyl sites for hydroxylation is 2. The molecule has 4 heterocycles. The molecule has 0 amide bonds. The van der Waals surface area contributed by atoms with Gasteiger partial charge in [-0.25, -0.2) is 18.7 Å². The first-order valence-corrected chi connectivity index (χ1v) is 9.65. The number of imidazole rings is 1. The fourth-order valence-electron chi connectivity index (χ4n) is 3.75. The van der Waals surface area contributed by atoms with E-state index < -0.39 is 11.5 Å². The number of halogens is 2. The number of methoxy groups -OCH3 is 1. The molecule has 0 aliphatic rings. The van der Waals surface area contributed by atoms with Gasteiger partial charge < -0.3 is 4.74 Å². The van der Waals surface area contributed by atoms with E-state index in [0.29, 0.717) is 27.7 Å². The van der Waals surface area contributed by atoms with Crippen molar-refractivity contribution in [2.45, 2.75) is 0 Å². The summed E-state index contributed by atoms with van der Waals surface area (Å²) in [6.45, 7) is 0. The molecule has 1 aromatic carbocycles. The van der Waals surface area contributed by atoms with Crippen LogP contribution in [0.2, 0.25) is 5.02 Å². The monoisotopic (exact) mass is 438 g/mol. The van der Waals surface area contributed by atoms with E-state index in [9.17, 15) is 9.18 Å². The van der Waals surface area contributed by atoms with Crippen molar-refractivity contribution in [2.75, 3.05) is 7.11 Å². The summed E-state index contributed by atoms with van der Waals surface area (Å²) in [5.41, 5.74) is 2.76. The summed E-state index contributed by atoms with van der Waals surface area (Å²) >= 11 is 5.86. The minimum absolute atomic E-state index is 0.133. The number of hydrogen-bond acceptors (Lipinski definition) is 5. The number of benzene rings is 1.